The summed E-state index contributed by atoms with van der Waals surface area (Å²) in [5.41, 5.74) is 7.36. The zero-order valence-electron chi connectivity index (χ0n) is 9.59. The highest BCUT2D eigenvalue weighted by Gasteiger charge is 2.19. The van der Waals surface area contributed by atoms with Gasteiger partial charge in [-0.25, -0.2) is 4.68 Å². The minimum atomic E-state index is -0.218. The van der Waals surface area contributed by atoms with E-state index >= 15 is 0 Å². The van der Waals surface area contributed by atoms with Crippen molar-refractivity contribution in [2.75, 3.05) is 0 Å². The Bertz CT molecular complexity index is 323. The molecular formula is C10H19N3O. The molecule has 1 aromatic rings. The predicted molar refractivity (Wildman–Crippen MR) is 56.2 cm³/mol. The molecule has 0 aliphatic heterocycles. The molecule has 0 atom stereocenters. The van der Waals surface area contributed by atoms with E-state index in [0.29, 0.717) is 6.54 Å². The van der Waals surface area contributed by atoms with Crippen LogP contribution in [0.2, 0.25) is 0 Å². The van der Waals surface area contributed by atoms with Crippen LogP contribution in [0.15, 0.2) is 0 Å². The predicted octanol–water partition coefficient (Wildman–Crippen LogP) is 1.36. The molecule has 1 aromatic heterocycles. The number of hydrogen-bond donors (Lipinski definition) is 1. The fourth-order valence-corrected chi connectivity index (χ4v) is 1.33. The summed E-state index contributed by atoms with van der Waals surface area (Å²) in [4.78, 5) is 0. The second-order valence-corrected chi connectivity index (χ2v) is 4.41. The van der Waals surface area contributed by atoms with E-state index in [9.17, 15) is 0 Å². The molecule has 0 spiro atoms. The van der Waals surface area contributed by atoms with E-state index < -0.39 is 0 Å². The summed E-state index contributed by atoms with van der Waals surface area (Å²) in [6.07, 6.45) is 0. The second kappa shape index (κ2) is 3.61. The SMILES string of the molecule is Cc1nn(C)c(OC(C)(C)C)c1CN. The van der Waals surface area contributed by atoms with Crippen LogP contribution in [0, 0.1) is 6.92 Å². The van der Waals surface area contributed by atoms with Gasteiger partial charge in [0.25, 0.3) is 0 Å². The van der Waals surface area contributed by atoms with E-state index in [1.54, 1.807) is 4.68 Å². The van der Waals surface area contributed by atoms with Crippen molar-refractivity contribution in [2.24, 2.45) is 12.8 Å². The third kappa shape index (κ3) is 2.26. The molecule has 0 radical (unpaired) electrons. The topological polar surface area (TPSA) is 53.1 Å². The summed E-state index contributed by atoms with van der Waals surface area (Å²) in [5, 5.41) is 4.28. The average molecular weight is 197 g/mol. The number of nitrogens with zero attached hydrogens (tertiary/aromatic N) is 2. The summed E-state index contributed by atoms with van der Waals surface area (Å²) in [6.45, 7) is 8.43. The maximum absolute atomic E-state index is 5.80. The maximum Gasteiger partial charge on any atom is 0.216 e. The average Bonchev–Trinajstić information content (AvgIpc) is 2.24. The quantitative estimate of drug-likeness (QED) is 0.779. The molecule has 0 unspecified atom stereocenters. The number of hydrogen-bond acceptors (Lipinski definition) is 3. The number of rotatable bonds is 2. The highest BCUT2D eigenvalue weighted by molar-refractivity contribution is 5.31. The van der Waals surface area contributed by atoms with Crippen LogP contribution in [0.4, 0.5) is 0 Å². The standard InChI is InChI=1S/C10H19N3O/c1-7-8(6-11)9(13(5)12-7)14-10(2,3)4/h6,11H2,1-5H3. The van der Waals surface area contributed by atoms with Gasteiger partial charge in [0.2, 0.25) is 5.88 Å². The molecule has 0 aromatic carbocycles. The lowest BCUT2D eigenvalue weighted by molar-refractivity contribution is 0.116. The van der Waals surface area contributed by atoms with Gasteiger partial charge in [0, 0.05) is 13.6 Å². The van der Waals surface area contributed by atoms with Crippen LogP contribution in [0.5, 0.6) is 5.88 Å². The smallest absolute Gasteiger partial charge is 0.216 e. The van der Waals surface area contributed by atoms with Crippen molar-refractivity contribution in [3.05, 3.63) is 11.3 Å². The van der Waals surface area contributed by atoms with Gasteiger partial charge in [-0.15, -0.1) is 0 Å². The van der Waals surface area contributed by atoms with Crippen molar-refractivity contribution in [3.63, 3.8) is 0 Å². The van der Waals surface area contributed by atoms with E-state index in [-0.39, 0.29) is 5.60 Å². The normalized spacial score (nSPS) is 11.9. The Kier molecular flexibility index (Phi) is 2.85. The highest BCUT2D eigenvalue weighted by atomic mass is 16.5. The van der Waals surface area contributed by atoms with Gasteiger partial charge in [-0.2, -0.15) is 5.10 Å². The molecule has 0 aliphatic carbocycles. The van der Waals surface area contributed by atoms with Crippen LogP contribution in [0.1, 0.15) is 32.0 Å². The van der Waals surface area contributed by atoms with Gasteiger partial charge < -0.3 is 10.5 Å². The Labute approximate surface area is 85.0 Å². The number of aryl methyl sites for hydroxylation is 2. The number of nitrogens with two attached hydrogens (primary N) is 1. The third-order valence-corrected chi connectivity index (χ3v) is 1.90. The molecule has 80 valence electrons. The molecule has 1 rings (SSSR count). The zero-order valence-corrected chi connectivity index (χ0v) is 9.59. The van der Waals surface area contributed by atoms with Crippen molar-refractivity contribution in [1.29, 1.82) is 0 Å². The molecule has 0 saturated heterocycles. The van der Waals surface area contributed by atoms with Gasteiger partial charge in [0.1, 0.15) is 5.60 Å². The summed E-state index contributed by atoms with van der Waals surface area (Å²) < 4.78 is 7.53. The van der Waals surface area contributed by atoms with Crippen molar-refractivity contribution in [2.45, 2.75) is 39.8 Å². The molecule has 14 heavy (non-hydrogen) atoms. The van der Waals surface area contributed by atoms with Gasteiger partial charge in [0.05, 0.1) is 11.3 Å². The Hall–Kier alpha value is -1.03. The lowest BCUT2D eigenvalue weighted by Crippen LogP contribution is -2.25. The fraction of sp³-hybridized carbons (Fsp3) is 0.700. The molecule has 0 fully saturated rings. The first kappa shape index (κ1) is 11.0. The van der Waals surface area contributed by atoms with Gasteiger partial charge in [-0.3, -0.25) is 0 Å². The molecule has 2 N–H and O–H groups in total. The Balaban J connectivity index is 3.06. The number of aromatic nitrogens is 2. The van der Waals surface area contributed by atoms with Crippen LogP contribution in [0.25, 0.3) is 0 Å². The lowest BCUT2D eigenvalue weighted by atomic mass is 10.2. The van der Waals surface area contributed by atoms with Crippen LogP contribution in [-0.2, 0) is 13.6 Å². The largest absolute Gasteiger partial charge is 0.472 e. The van der Waals surface area contributed by atoms with Gasteiger partial charge >= 0.3 is 0 Å². The first-order valence-electron chi connectivity index (χ1n) is 4.76. The molecule has 0 aliphatic rings. The summed E-state index contributed by atoms with van der Waals surface area (Å²) in [6, 6.07) is 0. The maximum atomic E-state index is 5.80. The van der Waals surface area contributed by atoms with E-state index in [2.05, 4.69) is 5.10 Å². The molecule has 4 heteroatoms. The van der Waals surface area contributed by atoms with Crippen LogP contribution < -0.4 is 10.5 Å². The Morgan fingerprint density at radius 3 is 2.43 bits per heavy atom. The van der Waals surface area contributed by atoms with Crippen molar-refractivity contribution < 1.29 is 4.74 Å². The summed E-state index contributed by atoms with van der Waals surface area (Å²) in [5.74, 6) is 0.775. The van der Waals surface area contributed by atoms with E-state index in [0.717, 1.165) is 17.1 Å². The second-order valence-electron chi connectivity index (χ2n) is 4.41. The van der Waals surface area contributed by atoms with E-state index in [1.807, 2.05) is 34.7 Å². The minimum absolute atomic E-state index is 0.218. The van der Waals surface area contributed by atoms with Gasteiger partial charge in [-0.05, 0) is 27.7 Å². The lowest BCUT2D eigenvalue weighted by Gasteiger charge is -2.21. The summed E-state index contributed by atoms with van der Waals surface area (Å²) >= 11 is 0. The number of ether oxygens (including phenoxy) is 1. The Morgan fingerprint density at radius 2 is 2.00 bits per heavy atom. The third-order valence-electron chi connectivity index (χ3n) is 1.90. The van der Waals surface area contributed by atoms with Gasteiger partial charge in [0.15, 0.2) is 0 Å². The van der Waals surface area contributed by atoms with E-state index in [4.69, 9.17) is 10.5 Å². The Morgan fingerprint density at radius 1 is 1.43 bits per heavy atom. The van der Waals surface area contributed by atoms with Crippen LogP contribution in [-0.4, -0.2) is 15.4 Å². The van der Waals surface area contributed by atoms with Crippen molar-refractivity contribution in [3.8, 4) is 5.88 Å². The van der Waals surface area contributed by atoms with Gasteiger partial charge in [-0.1, -0.05) is 0 Å². The van der Waals surface area contributed by atoms with Crippen LogP contribution in [0.3, 0.4) is 0 Å². The monoisotopic (exact) mass is 197 g/mol. The fourth-order valence-electron chi connectivity index (χ4n) is 1.33. The molecule has 1 heterocycles. The first-order chi connectivity index (χ1) is 6.35. The molecule has 4 nitrogen and oxygen atoms in total. The van der Waals surface area contributed by atoms with Crippen molar-refractivity contribution in [1.82, 2.24) is 9.78 Å². The van der Waals surface area contributed by atoms with E-state index in [1.165, 1.54) is 0 Å². The molecule has 0 saturated carbocycles. The molecule has 0 bridgehead atoms. The van der Waals surface area contributed by atoms with Crippen LogP contribution >= 0.6 is 0 Å². The summed E-state index contributed by atoms with van der Waals surface area (Å²) in [7, 11) is 1.87. The first-order valence-corrected chi connectivity index (χ1v) is 4.76. The molecule has 0 amide bonds. The van der Waals surface area contributed by atoms with Crippen molar-refractivity contribution >= 4 is 0 Å². The zero-order chi connectivity index (χ0) is 10.9. The highest BCUT2D eigenvalue weighted by Crippen LogP contribution is 2.24. The molecular weight excluding hydrogens is 178 g/mol. The minimum Gasteiger partial charge on any atom is -0.472 e.